The molecule has 178 valence electrons. The summed E-state index contributed by atoms with van der Waals surface area (Å²) in [6.07, 6.45) is 2.96. The van der Waals surface area contributed by atoms with Gasteiger partial charge in [0.25, 0.3) is 0 Å². The van der Waals surface area contributed by atoms with Crippen molar-refractivity contribution in [3.63, 3.8) is 0 Å². The maximum atomic E-state index is 11.3. The minimum atomic E-state index is -4.48. The molecule has 0 aliphatic heterocycles. The maximum Gasteiger partial charge on any atom is 0.405 e. The lowest BCUT2D eigenvalue weighted by atomic mass is 10.0. The Morgan fingerprint density at radius 2 is 1.48 bits per heavy atom. The first kappa shape index (κ1) is 33.3. The first-order valence-electron chi connectivity index (χ1n) is 9.09. The topological polar surface area (TPSA) is 115 Å². The highest BCUT2D eigenvalue weighted by Gasteiger charge is 2.32. The number of thiol groups is 2. The zero-order valence-corrected chi connectivity index (χ0v) is 19.7. The first-order chi connectivity index (χ1) is 13.1. The third kappa shape index (κ3) is 32.6. The van der Waals surface area contributed by atoms with E-state index in [-0.39, 0.29) is 5.92 Å². The third-order valence-electron chi connectivity index (χ3n) is 3.27. The van der Waals surface area contributed by atoms with Gasteiger partial charge in [0.2, 0.25) is 0 Å². The predicted octanol–water partition coefficient (Wildman–Crippen LogP) is 5.69. The molecule has 2 atom stereocenters. The van der Waals surface area contributed by atoms with Crippen molar-refractivity contribution in [3.8, 4) is 0 Å². The molecule has 2 unspecified atom stereocenters. The highest BCUT2D eigenvalue weighted by molar-refractivity contribution is 8.23. The average molecular weight is 489 g/mol. The number of carbonyl (C=O) groups is 2. The Bertz CT molecular complexity index is 394. The van der Waals surface area contributed by atoms with Crippen molar-refractivity contribution in [2.45, 2.75) is 70.2 Å². The third-order valence-corrected chi connectivity index (χ3v) is 4.94. The number of hydrogen-bond donors (Lipinski definition) is 6. The van der Waals surface area contributed by atoms with Gasteiger partial charge in [0.15, 0.2) is 0 Å². The number of halogens is 3. The van der Waals surface area contributed by atoms with E-state index >= 15 is 0 Å². The summed E-state index contributed by atoms with van der Waals surface area (Å²) < 4.78 is 50.3. The monoisotopic (exact) mass is 488 g/mol. The molecule has 0 aromatic carbocycles. The number of carboxylic acids is 2. The molecule has 0 radical (unpaired) electrons. The van der Waals surface area contributed by atoms with Gasteiger partial charge in [-0.05, 0) is 25.0 Å². The fourth-order valence-corrected chi connectivity index (χ4v) is 2.73. The number of rotatable bonds is 11. The Kier molecular flexibility index (Phi) is 21.2. The summed E-state index contributed by atoms with van der Waals surface area (Å²) in [4.78, 5) is 20.5. The highest BCUT2D eigenvalue weighted by Crippen LogP contribution is 2.39. The second kappa shape index (κ2) is 18.5. The van der Waals surface area contributed by atoms with E-state index in [4.69, 9.17) is 19.3 Å². The summed E-state index contributed by atoms with van der Waals surface area (Å²) in [5.74, 6) is -2.36. The zero-order chi connectivity index (χ0) is 23.7. The molecule has 12 heteroatoms. The summed E-state index contributed by atoms with van der Waals surface area (Å²) in [6, 6.07) is 0. The van der Waals surface area contributed by atoms with Crippen LogP contribution < -0.4 is 0 Å². The van der Waals surface area contributed by atoms with Crippen LogP contribution in [0.15, 0.2) is 0 Å². The van der Waals surface area contributed by atoms with Gasteiger partial charge in [-0.2, -0.15) is 49.0 Å². The van der Waals surface area contributed by atoms with Gasteiger partial charge in [0, 0.05) is 6.26 Å². The zero-order valence-electron chi connectivity index (χ0n) is 17.1. The van der Waals surface area contributed by atoms with E-state index in [2.05, 4.69) is 32.2 Å². The second-order valence-electron chi connectivity index (χ2n) is 6.56. The summed E-state index contributed by atoms with van der Waals surface area (Å²) in [5, 5.41) is 16.4. The molecule has 0 aromatic rings. The second-order valence-corrected chi connectivity index (χ2v) is 9.91. The van der Waals surface area contributed by atoms with E-state index in [1.807, 2.05) is 0 Å². The molecule has 0 amide bonds. The molecular weight excluding hydrogens is 453 g/mol. The van der Waals surface area contributed by atoms with Gasteiger partial charge in [-0.3, -0.25) is 18.7 Å². The molecule has 0 spiro atoms. The van der Waals surface area contributed by atoms with Crippen LogP contribution in [-0.4, -0.2) is 60.4 Å². The number of hydrogen-bond acceptors (Lipinski definition) is 6. The fourth-order valence-electron chi connectivity index (χ4n) is 1.71. The molecule has 0 bridgehead atoms. The SMILES string of the molecule is CCCCCC(C)C(=O)O.CS(O)(O)CC(F)(F)F.O=C(O)C(S)CCCCS. The van der Waals surface area contributed by atoms with Crippen LogP contribution in [0.3, 0.4) is 0 Å². The Morgan fingerprint density at radius 1 is 1.00 bits per heavy atom. The molecular formula is C17H35F3O6S3. The molecule has 0 saturated carbocycles. The van der Waals surface area contributed by atoms with Crippen molar-refractivity contribution in [1.82, 2.24) is 0 Å². The van der Waals surface area contributed by atoms with Crippen LogP contribution in [-0.2, 0) is 9.59 Å². The van der Waals surface area contributed by atoms with Crippen LogP contribution in [0.4, 0.5) is 13.2 Å². The van der Waals surface area contributed by atoms with E-state index in [1.165, 1.54) is 0 Å². The summed E-state index contributed by atoms with van der Waals surface area (Å²) in [6.45, 7) is 3.88. The Labute approximate surface area is 183 Å². The quantitative estimate of drug-likeness (QED) is 0.165. The summed E-state index contributed by atoms with van der Waals surface area (Å²) >= 11 is 7.88. The van der Waals surface area contributed by atoms with Crippen molar-refractivity contribution in [3.05, 3.63) is 0 Å². The summed E-state index contributed by atoms with van der Waals surface area (Å²) in [7, 11) is -3.41. The van der Waals surface area contributed by atoms with E-state index < -0.39 is 39.7 Å². The lowest BCUT2D eigenvalue weighted by Crippen LogP contribution is -2.19. The first-order valence-corrected chi connectivity index (χ1v) is 12.4. The standard InChI is InChI=1S/C8H16O2.C6H12O2S2.C3H7F3O2S/c1-3-4-5-6-7(2)8(9)10;7-6(8)5(10)3-1-2-4-9;1-9(7,8)2-3(4,5)6/h7H,3-6H2,1-2H3,(H,9,10);5,9-10H,1-4H2,(H,7,8);7-8H,2H2,1H3. The largest absolute Gasteiger partial charge is 0.481 e. The average Bonchev–Trinajstić information content (AvgIpc) is 2.52. The van der Waals surface area contributed by atoms with Crippen LogP contribution >= 0.6 is 35.8 Å². The van der Waals surface area contributed by atoms with E-state index in [0.29, 0.717) is 6.42 Å². The Morgan fingerprint density at radius 3 is 1.76 bits per heavy atom. The highest BCUT2D eigenvalue weighted by atomic mass is 32.3. The number of aliphatic carboxylic acids is 2. The molecule has 0 fully saturated rings. The molecule has 4 N–H and O–H groups in total. The van der Waals surface area contributed by atoms with Crippen molar-refractivity contribution < 1.29 is 42.1 Å². The molecule has 0 aromatic heterocycles. The Balaban J connectivity index is -0.000000350. The van der Waals surface area contributed by atoms with Crippen LogP contribution in [0, 0.1) is 5.92 Å². The molecule has 0 saturated heterocycles. The van der Waals surface area contributed by atoms with E-state index in [9.17, 15) is 22.8 Å². The lowest BCUT2D eigenvalue weighted by molar-refractivity contribution is -0.141. The molecule has 6 nitrogen and oxygen atoms in total. The minimum absolute atomic E-state index is 0.161. The van der Waals surface area contributed by atoms with Crippen molar-refractivity contribution in [2.24, 2.45) is 5.92 Å². The van der Waals surface area contributed by atoms with Gasteiger partial charge in [0.05, 0.1) is 11.2 Å². The number of alkyl halides is 3. The smallest absolute Gasteiger partial charge is 0.405 e. The van der Waals surface area contributed by atoms with E-state index in [1.54, 1.807) is 6.92 Å². The number of unbranched alkanes of at least 4 members (excludes halogenated alkanes) is 3. The van der Waals surface area contributed by atoms with Gasteiger partial charge in [0.1, 0.15) is 5.75 Å². The van der Waals surface area contributed by atoms with Crippen molar-refractivity contribution >= 4 is 47.8 Å². The van der Waals surface area contributed by atoms with Crippen LogP contribution in [0.25, 0.3) is 0 Å². The van der Waals surface area contributed by atoms with Crippen molar-refractivity contribution in [2.75, 3.05) is 17.8 Å². The number of carboxylic acid groups (broad SMARTS) is 2. The van der Waals surface area contributed by atoms with Crippen LogP contribution in [0.1, 0.15) is 58.8 Å². The molecule has 0 aliphatic carbocycles. The van der Waals surface area contributed by atoms with Crippen LogP contribution in [0.5, 0.6) is 0 Å². The Hall–Kier alpha value is -0.300. The molecule has 0 heterocycles. The summed E-state index contributed by atoms with van der Waals surface area (Å²) in [5.41, 5.74) is 0. The van der Waals surface area contributed by atoms with Crippen LogP contribution in [0.2, 0.25) is 0 Å². The fraction of sp³-hybridized carbons (Fsp3) is 0.882. The van der Waals surface area contributed by atoms with Gasteiger partial charge >= 0.3 is 18.1 Å². The van der Waals surface area contributed by atoms with Crippen molar-refractivity contribution in [1.29, 1.82) is 0 Å². The predicted molar refractivity (Wildman–Crippen MR) is 119 cm³/mol. The normalized spacial score (nSPS) is 13.9. The van der Waals surface area contributed by atoms with E-state index in [0.717, 1.165) is 50.5 Å². The molecule has 0 rings (SSSR count). The minimum Gasteiger partial charge on any atom is -0.481 e. The lowest BCUT2D eigenvalue weighted by Gasteiger charge is -2.27. The van der Waals surface area contributed by atoms with Gasteiger partial charge in [-0.15, -0.1) is 0 Å². The molecule has 0 aliphatic rings. The van der Waals surface area contributed by atoms with Gasteiger partial charge < -0.3 is 10.2 Å². The molecule has 29 heavy (non-hydrogen) atoms. The van der Waals surface area contributed by atoms with Gasteiger partial charge in [-0.1, -0.05) is 39.5 Å². The maximum absolute atomic E-state index is 11.3. The van der Waals surface area contributed by atoms with Gasteiger partial charge in [-0.25, -0.2) is 0 Å².